The number of aromatic hydroxyl groups is 2. The molecule has 1 aliphatic carbocycles. The first kappa shape index (κ1) is 25.4. The number of fused-ring (bicyclic) bond motifs is 2. The van der Waals surface area contributed by atoms with Gasteiger partial charge in [-0.25, -0.2) is 4.99 Å². The van der Waals surface area contributed by atoms with Crippen LogP contribution in [0.25, 0.3) is 0 Å². The molecule has 1 fully saturated rings. The van der Waals surface area contributed by atoms with Gasteiger partial charge in [0, 0.05) is 41.5 Å². The van der Waals surface area contributed by atoms with Gasteiger partial charge in [-0.05, 0) is 43.2 Å². The maximum atomic E-state index is 10.6. The Morgan fingerprint density at radius 1 is 0.816 bits per heavy atom. The molecule has 2 N–H and O–H groups in total. The van der Waals surface area contributed by atoms with Crippen LogP contribution in [-0.4, -0.2) is 49.7 Å². The standard InChI is InChI=1S/C30H32N2O6/c1-35-23-13-6-9-19(27(23)33)17-31-26-21-11-8-15-25(37-3)29(21)38-30(16-5-4-12-22(26)30)32-18-20-10-7-14-24(36-2)28(20)34/h6-11,13-15,17-18,22,26,33-34H,4-5,12,16H2,1-3H3/t22-,26-,30-/m1/s1. The van der Waals surface area contributed by atoms with Crippen molar-refractivity contribution in [3.8, 4) is 34.5 Å². The van der Waals surface area contributed by atoms with Gasteiger partial charge < -0.3 is 29.2 Å². The van der Waals surface area contributed by atoms with E-state index in [1.165, 1.54) is 14.2 Å². The summed E-state index contributed by atoms with van der Waals surface area (Å²) in [5.74, 6) is 1.97. The molecule has 38 heavy (non-hydrogen) atoms. The first-order valence-corrected chi connectivity index (χ1v) is 12.7. The molecule has 1 heterocycles. The van der Waals surface area contributed by atoms with Crippen molar-refractivity contribution in [2.75, 3.05) is 21.3 Å². The van der Waals surface area contributed by atoms with Crippen LogP contribution in [0.3, 0.4) is 0 Å². The fraction of sp³-hybridized carbons (Fsp3) is 0.333. The Hall–Kier alpha value is -4.20. The summed E-state index contributed by atoms with van der Waals surface area (Å²) < 4.78 is 22.9. The first-order valence-electron chi connectivity index (χ1n) is 12.7. The molecule has 0 unspecified atom stereocenters. The number of benzene rings is 3. The smallest absolute Gasteiger partial charge is 0.205 e. The van der Waals surface area contributed by atoms with Gasteiger partial charge in [-0.3, -0.25) is 4.99 Å². The highest BCUT2D eigenvalue weighted by Crippen LogP contribution is 2.55. The van der Waals surface area contributed by atoms with E-state index in [1.54, 1.807) is 43.8 Å². The van der Waals surface area contributed by atoms with E-state index in [2.05, 4.69) is 0 Å². The lowest BCUT2D eigenvalue weighted by atomic mass is 9.73. The van der Waals surface area contributed by atoms with Gasteiger partial charge in [-0.1, -0.05) is 30.7 Å². The molecule has 0 amide bonds. The van der Waals surface area contributed by atoms with Crippen LogP contribution in [0.2, 0.25) is 0 Å². The van der Waals surface area contributed by atoms with Crippen LogP contribution in [0.1, 0.15) is 48.4 Å². The Bertz CT molecular complexity index is 1370. The predicted octanol–water partition coefficient (Wildman–Crippen LogP) is 5.68. The predicted molar refractivity (Wildman–Crippen MR) is 146 cm³/mol. The molecule has 8 nitrogen and oxygen atoms in total. The molecule has 0 aromatic heterocycles. The van der Waals surface area contributed by atoms with Crippen molar-refractivity contribution < 1.29 is 29.2 Å². The minimum Gasteiger partial charge on any atom is -0.504 e. The molecule has 3 aromatic carbocycles. The minimum absolute atomic E-state index is 0.0272. The first-order chi connectivity index (χ1) is 18.5. The van der Waals surface area contributed by atoms with Crippen LogP contribution in [0.4, 0.5) is 0 Å². The number of hydrogen-bond donors (Lipinski definition) is 2. The quantitative estimate of drug-likeness (QED) is 0.392. The van der Waals surface area contributed by atoms with Crippen LogP contribution in [0, 0.1) is 5.92 Å². The van der Waals surface area contributed by atoms with Crippen molar-refractivity contribution >= 4 is 12.4 Å². The molecule has 5 rings (SSSR count). The van der Waals surface area contributed by atoms with Crippen LogP contribution < -0.4 is 18.9 Å². The van der Waals surface area contributed by atoms with E-state index in [9.17, 15) is 10.2 Å². The molecule has 3 atom stereocenters. The Morgan fingerprint density at radius 2 is 1.42 bits per heavy atom. The molecular formula is C30H32N2O6. The van der Waals surface area contributed by atoms with Crippen molar-refractivity contribution in [1.82, 2.24) is 0 Å². The number of methoxy groups -OCH3 is 3. The van der Waals surface area contributed by atoms with Gasteiger partial charge in [0.2, 0.25) is 5.72 Å². The molecule has 0 bridgehead atoms. The molecule has 0 radical (unpaired) electrons. The van der Waals surface area contributed by atoms with Gasteiger partial charge in [0.1, 0.15) is 0 Å². The summed E-state index contributed by atoms with van der Waals surface area (Å²) in [6, 6.07) is 16.1. The molecule has 3 aromatic rings. The molecule has 1 saturated carbocycles. The van der Waals surface area contributed by atoms with E-state index < -0.39 is 5.72 Å². The zero-order chi connectivity index (χ0) is 26.7. The molecular weight excluding hydrogens is 484 g/mol. The largest absolute Gasteiger partial charge is 0.504 e. The number of aliphatic imine (C=N–C) groups is 2. The van der Waals surface area contributed by atoms with Crippen LogP contribution >= 0.6 is 0 Å². The van der Waals surface area contributed by atoms with Crippen LogP contribution in [0.15, 0.2) is 64.6 Å². The van der Waals surface area contributed by atoms with Crippen molar-refractivity contribution in [3.05, 3.63) is 71.3 Å². The van der Waals surface area contributed by atoms with Crippen LogP contribution in [0.5, 0.6) is 34.5 Å². The van der Waals surface area contributed by atoms with E-state index in [4.69, 9.17) is 28.9 Å². The van der Waals surface area contributed by atoms with Gasteiger partial charge >= 0.3 is 0 Å². The molecule has 0 spiro atoms. The SMILES string of the molecule is COc1cccc(C=N[C@@H]2c3cccc(OC)c3O[C@]3(N=Cc4cccc(OC)c4O)CCCC[C@H]23)c1O. The van der Waals surface area contributed by atoms with E-state index in [0.717, 1.165) is 24.8 Å². The normalized spacial score (nSPS) is 22.5. The second-order valence-electron chi connectivity index (χ2n) is 9.46. The van der Waals surface area contributed by atoms with Crippen molar-refractivity contribution in [2.45, 2.75) is 37.5 Å². The van der Waals surface area contributed by atoms with Crippen LogP contribution in [-0.2, 0) is 0 Å². The maximum absolute atomic E-state index is 10.6. The average Bonchev–Trinajstić information content (AvgIpc) is 2.95. The summed E-state index contributed by atoms with van der Waals surface area (Å²) in [6.07, 6.45) is 6.84. The Kier molecular flexibility index (Phi) is 7.13. The Morgan fingerprint density at radius 3 is 2.08 bits per heavy atom. The average molecular weight is 517 g/mol. The van der Waals surface area contributed by atoms with Crippen molar-refractivity contribution in [2.24, 2.45) is 15.9 Å². The summed E-state index contributed by atoms with van der Waals surface area (Å²) in [4.78, 5) is 10.0. The van der Waals surface area contributed by atoms with E-state index in [1.807, 2.05) is 30.3 Å². The lowest BCUT2D eigenvalue weighted by molar-refractivity contribution is -0.0443. The Labute approximate surface area is 222 Å². The summed E-state index contributed by atoms with van der Waals surface area (Å²) >= 11 is 0. The fourth-order valence-corrected chi connectivity index (χ4v) is 5.44. The molecule has 2 aliphatic rings. The number of phenolic OH excluding ortho intramolecular Hbond substituents is 2. The number of hydrogen-bond acceptors (Lipinski definition) is 8. The van der Waals surface area contributed by atoms with Gasteiger partial charge in [0.25, 0.3) is 0 Å². The maximum Gasteiger partial charge on any atom is 0.205 e. The molecule has 8 heteroatoms. The third-order valence-corrected chi connectivity index (χ3v) is 7.38. The summed E-state index contributed by atoms with van der Waals surface area (Å²) in [6.45, 7) is 0. The van der Waals surface area contributed by atoms with E-state index >= 15 is 0 Å². The Balaban J connectivity index is 1.61. The lowest BCUT2D eigenvalue weighted by Crippen LogP contribution is -2.49. The summed E-state index contributed by atoms with van der Waals surface area (Å²) in [7, 11) is 4.65. The minimum atomic E-state index is -0.909. The number of ether oxygens (including phenoxy) is 4. The van der Waals surface area contributed by atoms with E-state index in [-0.39, 0.29) is 23.5 Å². The van der Waals surface area contributed by atoms with Gasteiger partial charge in [-0.15, -0.1) is 0 Å². The third kappa shape index (κ3) is 4.51. The second kappa shape index (κ2) is 10.7. The molecule has 1 aliphatic heterocycles. The highest BCUT2D eigenvalue weighted by atomic mass is 16.5. The highest BCUT2D eigenvalue weighted by Gasteiger charge is 2.51. The van der Waals surface area contributed by atoms with Crippen molar-refractivity contribution in [1.29, 1.82) is 0 Å². The summed E-state index contributed by atoms with van der Waals surface area (Å²) in [5, 5.41) is 21.3. The highest BCUT2D eigenvalue weighted by molar-refractivity contribution is 5.86. The molecule has 198 valence electrons. The zero-order valence-electron chi connectivity index (χ0n) is 21.8. The number of phenols is 2. The lowest BCUT2D eigenvalue weighted by Gasteiger charge is -2.47. The summed E-state index contributed by atoms with van der Waals surface area (Å²) in [5.41, 5.74) is 1.10. The zero-order valence-corrected chi connectivity index (χ0v) is 21.8. The second-order valence-corrected chi connectivity index (χ2v) is 9.46. The monoisotopic (exact) mass is 516 g/mol. The third-order valence-electron chi connectivity index (χ3n) is 7.38. The molecule has 0 saturated heterocycles. The van der Waals surface area contributed by atoms with Gasteiger partial charge in [-0.2, -0.15) is 0 Å². The van der Waals surface area contributed by atoms with E-state index in [0.29, 0.717) is 40.5 Å². The van der Waals surface area contributed by atoms with Gasteiger partial charge in [0.15, 0.2) is 34.5 Å². The number of rotatable bonds is 7. The topological polar surface area (TPSA) is 102 Å². The van der Waals surface area contributed by atoms with Gasteiger partial charge in [0.05, 0.1) is 27.4 Å². The number of para-hydroxylation sites is 3. The fourth-order valence-electron chi connectivity index (χ4n) is 5.44. The number of nitrogens with zero attached hydrogens (tertiary/aromatic N) is 2. The van der Waals surface area contributed by atoms with Crippen molar-refractivity contribution in [3.63, 3.8) is 0 Å².